The van der Waals surface area contributed by atoms with E-state index in [4.69, 9.17) is 9.47 Å². The molecule has 0 saturated carbocycles. The van der Waals surface area contributed by atoms with Crippen LogP contribution in [0.5, 0.6) is 0 Å². The lowest BCUT2D eigenvalue weighted by Crippen LogP contribution is -2.27. The van der Waals surface area contributed by atoms with Crippen molar-refractivity contribution in [2.24, 2.45) is 5.92 Å². The zero-order chi connectivity index (χ0) is 11.9. The van der Waals surface area contributed by atoms with Gasteiger partial charge in [0.05, 0.1) is 24.7 Å². The van der Waals surface area contributed by atoms with Crippen LogP contribution in [0.2, 0.25) is 0 Å². The molecular weight excluding hydrogens is 192 g/mol. The van der Waals surface area contributed by atoms with Gasteiger partial charge in [-0.15, -0.1) is 0 Å². The molecule has 0 aliphatic heterocycles. The van der Waals surface area contributed by atoms with Gasteiger partial charge in [-0.05, 0) is 34.1 Å². The van der Waals surface area contributed by atoms with Crippen molar-refractivity contribution in [3.63, 3.8) is 0 Å². The van der Waals surface area contributed by atoms with Gasteiger partial charge >= 0.3 is 5.97 Å². The highest BCUT2D eigenvalue weighted by Gasteiger charge is 2.18. The molecule has 3 nitrogen and oxygen atoms in total. The molecule has 3 heteroatoms. The van der Waals surface area contributed by atoms with Crippen molar-refractivity contribution in [1.82, 2.24) is 0 Å². The van der Waals surface area contributed by atoms with Crippen molar-refractivity contribution in [2.75, 3.05) is 13.2 Å². The molecule has 0 aromatic heterocycles. The fourth-order valence-corrected chi connectivity index (χ4v) is 0.902. The van der Waals surface area contributed by atoms with E-state index in [-0.39, 0.29) is 17.5 Å². The molecule has 0 fully saturated rings. The molecular formula is C12H24O3. The van der Waals surface area contributed by atoms with Crippen molar-refractivity contribution < 1.29 is 14.3 Å². The van der Waals surface area contributed by atoms with Crippen molar-refractivity contribution in [2.45, 2.75) is 53.1 Å². The summed E-state index contributed by atoms with van der Waals surface area (Å²) >= 11 is 0. The van der Waals surface area contributed by atoms with Crippen LogP contribution in [0, 0.1) is 5.92 Å². The lowest BCUT2D eigenvalue weighted by Gasteiger charge is -2.21. The van der Waals surface area contributed by atoms with E-state index >= 15 is 0 Å². The van der Waals surface area contributed by atoms with Crippen LogP contribution in [0.3, 0.4) is 0 Å². The Morgan fingerprint density at radius 1 is 1.33 bits per heavy atom. The lowest BCUT2D eigenvalue weighted by molar-refractivity contribution is -0.151. The minimum Gasteiger partial charge on any atom is -0.465 e. The molecule has 1 atom stereocenters. The second kappa shape index (κ2) is 6.83. The van der Waals surface area contributed by atoms with Gasteiger partial charge in [-0.1, -0.05) is 13.3 Å². The van der Waals surface area contributed by atoms with E-state index in [1.807, 2.05) is 27.7 Å². The summed E-state index contributed by atoms with van der Waals surface area (Å²) in [6, 6.07) is 0. The first kappa shape index (κ1) is 14.4. The Kier molecular flexibility index (Phi) is 6.57. The maximum absolute atomic E-state index is 11.4. The molecule has 90 valence electrons. The van der Waals surface area contributed by atoms with Crippen molar-refractivity contribution >= 4 is 5.97 Å². The van der Waals surface area contributed by atoms with Gasteiger partial charge < -0.3 is 9.47 Å². The summed E-state index contributed by atoms with van der Waals surface area (Å²) in [5.74, 6) is -0.339. The Balaban J connectivity index is 3.70. The summed E-state index contributed by atoms with van der Waals surface area (Å²) in [5, 5.41) is 0. The fourth-order valence-electron chi connectivity index (χ4n) is 0.902. The highest BCUT2D eigenvalue weighted by molar-refractivity contribution is 5.72. The zero-order valence-electron chi connectivity index (χ0n) is 10.6. The van der Waals surface area contributed by atoms with Gasteiger partial charge in [-0.2, -0.15) is 0 Å². The fraction of sp³-hybridized carbons (Fsp3) is 0.917. The Bertz CT molecular complexity index is 182. The summed E-state index contributed by atoms with van der Waals surface area (Å²) in [6.45, 7) is 10.8. The zero-order valence-corrected chi connectivity index (χ0v) is 10.6. The number of hydrogen-bond donors (Lipinski definition) is 0. The van der Waals surface area contributed by atoms with Crippen molar-refractivity contribution in [3.8, 4) is 0 Å². The second-order valence-electron chi connectivity index (χ2n) is 4.85. The molecule has 0 N–H and O–H groups in total. The Labute approximate surface area is 93.1 Å². The number of carbonyl (C=O) groups excluding carboxylic acids is 1. The monoisotopic (exact) mass is 216 g/mol. The van der Waals surface area contributed by atoms with E-state index < -0.39 is 0 Å². The van der Waals surface area contributed by atoms with Gasteiger partial charge in [0.15, 0.2) is 0 Å². The number of rotatable bonds is 6. The quantitative estimate of drug-likeness (QED) is 0.506. The van der Waals surface area contributed by atoms with E-state index in [2.05, 4.69) is 6.92 Å². The highest BCUT2D eigenvalue weighted by Crippen LogP contribution is 2.10. The largest absolute Gasteiger partial charge is 0.465 e. The van der Waals surface area contributed by atoms with E-state index in [0.29, 0.717) is 13.2 Å². The van der Waals surface area contributed by atoms with Crippen LogP contribution < -0.4 is 0 Å². The maximum atomic E-state index is 11.4. The van der Waals surface area contributed by atoms with Crippen LogP contribution in [0.25, 0.3) is 0 Å². The van der Waals surface area contributed by atoms with Gasteiger partial charge in [0.25, 0.3) is 0 Å². The minimum atomic E-state index is -0.196. The van der Waals surface area contributed by atoms with Gasteiger partial charge in [0.2, 0.25) is 0 Å². The second-order valence-corrected chi connectivity index (χ2v) is 4.85. The third kappa shape index (κ3) is 8.43. The van der Waals surface area contributed by atoms with Crippen LogP contribution in [0.1, 0.15) is 47.5 Å². The third-order valence-corrected chi connectivity index (χ3v) is 1.91. The first-order valence-corrected chi connectivity index (χ1v) is 5.67. The summed E-state index contributed by atoms with van der Waals surface area (Å²) in [7, 11) is 0. The van der Waals surface area contributed by atoms with Gasteiger partial charge in [0.1, 0.15) is 0 Å². The molecule has 0 aromatic rings. The van der Waals surface area contributed by atoms with Gasteiger partial charge in [0, 0.05) is 0 Å². The standard InChI is InChI=1S/C12H24O3/c1-6-7-8-14-11(13)10(2)9-15-12(3,4)5/h10H,6-9H2,1-5H3. The van der Waals surface area contributed by atoms with Crippen molar-refractivity contribution in [1.29, 1.82) is 0 Å². The Morgan fingerprint density at radius 2 is 1.93 bits per heavy atom. The average Bonchev–Trinajstić information content (AvgIpc) is 2.13. The molecule has 0 amide bonds. The lowest BCUT2D eigenvalue weighted by atomic mass is 10.1. The van der Waals surface area contributed by atoms with Crippen LogP contribution in [0.4, 0.5) is 0 Å². The molecule has 15 heavy (non-hydrogen) atoms. The SMILES string of the molecule is CCCCOC(=O)C(C)COC(C)(C)C. The number of esters is 1. The highest BCUT2D eigenvalue weighted by atomic mass is 16.5. The van der Waals surface area contributed by atoms with Crippen LogP contribution in [0.15, 0.2) is 0 Å². The van der Waals surface area contributed by atoms with Crippen molar-refractivity contribution in [3.05, 3.63) is 0 Å². The topological polar surface area (TPSA) is 35.5 Å². The number of hydrogen-bond acceptors (Lipinski definition) is 3. The summed E-state index contributed by atoms with van der Waals surface area (Å²) in [6.07, 6.45) is 1.97. The minimum absolute atomic E-state index is 0.160. The van der Waals surface area contributed by atoms with E-state index in [1.54, 1.807) is 0 Å². The molecule has 0 aliphatic rings. The molecule has 1 unspecified atom stereocenters. The molecule has 0 radical (unpaired) electrons. The molecule has 0 spiro atoms. The molecule has 0 heterocycles. The maximum Gasteiger partial charge on any atom is 0.310 e. The van der Waals surface area contributed by atoms with Gasteiger partial charge in [-0.25, -0.2) is 0 Å². The summed E-state index contributed by atoms with van der Waals surface area (Å²) in [5.41, 5.74) is -0.196. The molecule has 0 saturated heterocycles. The molecule has 0 rings (SSSR count). The van der Waals surface area contributed by atoms with Crippen LogP contribution in [-0.4, -0.2) is 24.8 Å². The number of ether oxygens (including phenoxy) is 2. The van der Waals surface area contributed by atoms with E-state index in [1.165, 1.54) is 0 Å². The molecule has 0 aromatic carbocycles. The average molecular weight is 216 g/mol. The first-order valence-electron chi connectivity index (χ1n) is 5.67. The number of carbonyl (C=O) groups is 1. The van der Waals surface area contributed by atoms with E-state index in [0.717, 1.165) is 12.8 Å². The van der Waals surface area contributed by atoms with Crippen LogP contribution in [-0.2, 0) is 14.3 Å². The van der Waals surface area contributed by atoms with E-state index in [9.17, 15) is 4.79 Å². The summed E-state index contributed by atoms with van der Waals surface area (Å²) < 4.78 is 10.6. The summed E-state index contributed by atoms with van der Waals surface area (Å²) in [4.78, 5) is 11.4. The Hall–Kier alpha value is -0.570. The Morgan fingerprint density at radius 3 is 2.40 bits per heavy atom. The van der Waals surface area contributed by atoms with Gasteiger partial charge in [-0.3, -0.25) is 4.79 Å². The normalized spacial score (nSPS) is 13.7. The molecule has 0 aliphatic carbocycles. The first-order chi connectivity index (χ1) is 6.87. The predicted molar refractivity (Wildman–Crippen MR) is 60.7 cm³/mol. The van der Waals surface area contributed by atoms with Crippen LogP contribution >= 0.6 is 0 Å². The molecule has 0 bridgehead atoms. The number of unbranched alkanes of at least 4 members (excludes halogenated alkanes) is 1. The predicted octanol–water partition coefficient (Wildman–Crippen LogP) is 2.78. The third-order valence-electron chi connectivity index (χ3n) is 1.91. The smallest absolute Gasteiger partial charge is 0.310 e.